The number of methoxy groups -OCH3 is 2. The maximum Gasteiger partial charge on any atom is 0.274 e. The molecule has 0 spiro atoms. The second-order valence-corrected chi connectivity index (χ2v) is 5.54. The van der Waals surface area contributed by atoms with E-state index in [1.807, 2.05) is 0 Å². The smallest absolute Gasteiger partial charge is 0.274 e. The summed E-state index contributed by atoms with van der Waals surface area (Å²) in [6.07, 6.45) is 1.39. The summed E-state index contributed by atoms with van der Waals surface area (Å²) in [5.74, 6) is -1.40. The van der Waals surface area contributed by atoms with Crippen LogP contribution in [0.5, 0.6) is 11.5 Å². The van der Waals surface area contributed by atoms with Crippen molar-refractivity contribution in [2.24, 2.45) is 0 Å². The number of hydrogen-bond acceptors (Lipinski definition) is 6. The molecule has 0 bridgehead atoms. The van der Waals surface area contributed by atoms with E-state index in [0.717, 1.165) is 12.1 Å². The number of nitrogens with one attached hydrogen (secondary N) is 2. The fourth-order valence-electron chi connectivity index (χ4n) is 2.35. The fraction of sp³-hybridized carbons (Fsp3) is 0.105. The van der Waals surface area contributed by atoms with Crippen molar-refractivity contribution in [2.75, 3.05) is 24.9 Å². The van der Waals surface area contributed by atoms with E-state index in [1.54, 1.807) is 18.2 Å². The molecule has 0 saturated heterocycles. The second-order valence-electron chi connectivity index (χ2n) is 5.54. The van der Waals surface area contributed by atoms with Crippen molar-refractivity contribution in [3.05, 3.63) is 66.0 Å². The van der Waals surface area contributed by atoms with Gasteiger partial charge >= 0.3 is 0 Å². The van der Waals surface area contributed by atoms with Crippen molar-refractivity contribution in [1.29, 1.82) is 0 Å². The lowest BCUT2D eigenvalue weighted by atomic mass is 10.2. The monoisotopic (exact) mass is 386 g/mol. The molecule has 1 amide bonds. The topological polar surface area (TPSA) is 85.4 Å². The van der Waals surface area contributed by atoms with E-state index in [9.17, 15) is 13.6 Å². The summed E-state index contributed by atoms with van der Waals surface area (Å²) in [5, 5.41) is 5.41. The van der Waals surface area contributed by atoms with E-state index in [1.165, 1.54) is 32.5 Å². The van der Waals surface area contributed by atoms with Gasteiger partial charge in [0.15, 0.2) is 11.6 Å². The predicted molar refractivity (Wildman–Crippen MR) is 99.2 cm³/mol. The zero-order chi connectivity index (χ0) is 20.1. The van der Waals surface area contributed by atoms with Crippen LogP contribution in [0.15, 0.2) is 48.7 Å². The third kappa shape index (κ3) is 4.32. The number of benzene rings is 2. The minimum Gasteiger partial charge on any atom is -0.497 e. The van der Waals surface area contributed by atoms with Crippen LogP contribution in [-0.4, -0.2) is 30.1 Å². The minimum atomic E-state index is -1.06. The van der Waals surface area contributed by atoms with Crippen molar-refractivity contribution >= 4 is 23.2 Å². The molecule has 1 heterocycles. The van der Waals surface area contributed by atoms with Gasteiger partial charge in [0.25, 0.3) is 5.91 Å². The summed E-state index contributed by atoms with van der Waals surface area (Å²) in [5.41, 5.74) is 0.676. The molecule has 2 N–H and O–H groups in total. The largest absolute Gasteiger partial charge is 0.497 e. The van der Waals surface area contributed by atoms with Gasteiger partial charge in [0, 0.05) is 24.0 Å². The Morgan fingerprint density at radius 1 is 1.00 bits per heavy atom. The number of rotatable bonds is 6. The lowest BCUT2D eigenvalue weighted by Crippen LogP contribution is -2.15. The maximum atomic E-state index is 13.3. The number of amides is 1. The van der Waals surface area contributed by atoms with E-state index in [2.05, 4.69) is 20.6 Å². The highest BCUT2D eigenvalue weighted by atomic mass is 19.2. The first-order chi connectivity index (χ1) is 13.5. The van der Waals surface area contributed by atoms with Crippen LogP contribution in [0.25, 0.3) is 0 Å². The van der Waals surface area contributed by atoms with Gasteiger partial charge in [-0.1, -0.05) is 0 Å². The van der Waals surface area contributed by atoms with Gasteiger partial charge in [-0.2, -0.15) is 0 Å². The molecule has 0 atom stereocenters. The van der Waals surface area contributed by atoms with Crippen LogP contribution in [-0.2, 0) is 0 Å². The quantitative estimate of drug-likeness (QED) is 0.671. The maximum absolute atomic E-state index is 13.3. The summed E-state index contributed by atoms with van der Waals surface area (Å²) >= 11 is 0. The zero-order valence-corrected chi connectivity index (χ0v) is 15.0. The van der Waals surface area contributed by atoms with Gasteiger partial charge in [0.05, 0.1) is 19.9 Å². The van der Waals surface area contributed by atoms with Crippen LogP contribution >= 0.6 is 0 Å². The lowest BCUT2D eigenvalue weighted by Gasteiger charge is -2.12. The highest BCUT2D eigenvalue weighted by molar-refractivity contribution is 6.03. The molecule has 9 heteroatoms. The molecular weight excluding hydrogens is 370 g/mol. The first kappa shape index (κ1) is 19.0. The van der Waals surface area contributed by atoms with Crippen LogP contribution in [0.2, 0.25) is 0 Å². The van der Waals surface area contributed by atoms with Crippen molar-refractivity contribution in [3.63, 3.8) is 0 Å². The molecule has 0 radical (unpaired) electrons. The number of halogens is 2. The molecule has 7 nitrogen and oxygen atoms in total. The highest BCUT2D eigenvalue weighted by Gasteiger charge is 2.12. The number of hydrogen-bond donors (Lipinski definition) is 2. The first-order valence-corrected chi connectivity index (χ1v) is 8.08. The summed E-state index contributed by atoms with van der Waals surface area (Å²) in [6.45, 7) is 0. The van der Waals surface area contributed by atoms with Crippen molar-refractivity contribution in [3.8, 4) is 11.5 Å². The predicted octanol–water partition coefficient (Wildman–Crippen LogP) is 3.77. The zero-order valence-electron chi connectivity index (χ0n) is 15.0. The average Bonchev–Trinajstić information content (AvgIpc) is 2.71. The van der Waals surface area contributed by atoms with Crippen molar-refractivity contribution < 1.29 is 23.0 Å². The first-order valence-electron chi connectivity index (χ1n) is 8.08. The van der Waals surface area contributed by atoms with E-state index >= 15 is 0 Å². The third-order valence-electron chi connectivity index (χ3n) is 3.72. The molecule has 2 aromatic carbocycles. The van der Waals surface area contributed by atoms with E-state index in [-0.39, 0.29) is 17.3 Å². The van der Waals surface area contributed by atoms with E-state index in [4.69, 9.17) is 9.47 Å². The van der Waals surface area contributed by atoms with Crippen LogP contribution in [0.1, 0.15) is 10.5 Å². The Morgan fingerprint density at radius 3 is 2.54 bits per heavy atom. The normalized spacial score (nSPS) is 10.3. The van der Waals surface area contributed by atoms with Crippen LogP contribution < -0.4 is 20.1 Å². The van der Waals surface area contributed by atoms with Gasteiger partial charge < -0.3 is 20.1 Å². The Bertz CT molecular complexity index is 1010. The van der Waals surface area contributed by atoms with E-state index in [0.29, 0.717) is 17.2 Å². The van der Waals surface area contributed by atoms with Crippen molar-refractivity contribution in [2.45, 2.75) is 0 Å². The Labute approximate surface area is 159 Å². The molecule has 28 heavy (non-hydrogen) atoms. The molecule has 3 aromatic rings. The van der Waals surface area contributed by atoms with Crippen molar-refractivity contribution in [1.82, 2.24) is 9.97 Å². The number of anilines is 3. The minimum absolute atomic E-state index is 0.0316. The molecular formula is C19H16F2N4O3. The number of carbonyl (C=O) groups excluding carboxylic acids is 1. The molecule has 0 fully saturated rings. The molecule has 1 aromatic heterocycles. The van der Waals surface area contributed by atoms with Gasteiger partial charge in [-0.25, -0.2) is 18.7 Å². The highest BCUT2D eigenvalue weighted by Crippen LogP contribution is 2.30. The molecule has 0 aliphatic carbocycles. The molecule has 3 rings (SSSR count). The fourth-order valence-corrected chi connectivity index (χ4v) is 2.35. The number of aromatic nitrogens is 2. The Balaban J connectivity index is 1.80. The average molecular weight is 386 g/mol. The number of nitrogens with zero attached hydrogens (tertiary/aromatic N) is 2. The summed E-state index contributed by atoms with van der Waals surface area (Å²) < 4.78 is 36.7. The molecule has 0 saturated carbocycles. The molecule has 0 aliphatic rings. The lowest BCUT2D eigenvalue weighted by molar-refractivity contribution is 0.102. The summed E-state index contributed by atoms with van der Waals surface area (Å²) in [4.78, 5) is 20.6. The van der Waals surface area contributed by atoms with Gasteiger partial charge in [0.1, 0.15) is 17.2 Å². The van der Waals surface area contributed by atoms with Crippen LogP contribution in [0.4, 0.5) is 26.1 Å². The Kier molecular flexibility index (Phi) is 5.64. The SMILES string of the molecule is COc1ccc(OC)c(Nc2nccc(C(=O)Nc3ccc(F)c(F)c3)n2)c1. The molecule has 0 aliphatic heterocycles. The van der Waals surface area contributed by atoms with Gasteiger partial charge in [-0.3, -0.25) is 4.79 Å². The second kappa shape index (κ2) is 8.30. The molecule has 0 unspecified atom stereocenters. The third-order valence-corrected chi connectivity index (χ3v) is 3.72. The Morgan fingerprint density at radius 2 is 1.82 bits per heavy atom. The summed E-state index contributed by atoms with van der Waals surface area (Å²) in [7, 11) is 3.05. The number of ether oxygens (including phenoxy) is 2. The van der Waals surface area contributed by atoms with Gasteiger partial charge in [-0.15, -0.1) is 0 Å². The van der Waals surface area contributed by atoms with Gasteiger partial charge in [0.2, 0.25) is 5.95 Å². The van der Waals surface area contributed by atoms with Crippen LogP contribution in [0.3, 0.4) is 0 Å². The van der Waals surface area contributed by atoms with Crippen LogP contribution in [0, 0.1) is 11.6 Å². The van der Waals surface area contributed by atoms with Gasteiger partial charge in [-0.05, 0) is 30.3 Å². The standard InChI is InChI=1S/C19H16F2N4O3/c1-27-12-4-6-17(28-2)16(10-12)25-19-22-8-7-15(24-19)18(26)23-11-3-5-13(20)14(21)9-11/h3-10H,1-2H3,(H,23,26)(H,22,24,25). The Hall–Kier alpha value is -3.75. The molecule has 144 valence electrons. The van der Waals surface area contributed by atoms with E-state index < -0.39 is 17.5 Å². The summed E-state index contributed by atoms with van der Waals surface area (Å²) in [6, 6.07) is 9.58. The number of carbonyl (C=O) groups is 1.